The number of aryl methyl sites for hydroxylation is 1. The monoisotopic (exact) mass is 358 g/mol. The van der Waals surface area contributed by atoms with Crippen molar-refractivity contribution in [2.75, 3.05) is 38.2 Å². The summed E-state index contributed by atoms with van der Waals surface area (Å²) < 4.78 is 5.45. The molecule has 2 atom stereocenters. The minimum atomic E-state index is -0.666. The van der Waals surface area contributed by atoms with Gasteiger partial charge >= 0.3 is 0 Å². The molecule has 5 heteroatoms. The highest BCUT2D eigenvalue weighted by atomic mass is 16.5. The van der Waals surface area contributed by atoms with Crippen molar-refractivity contribution in [3.8, 4) is 0 Å². The first-order valence-electron chi connectivity index (χ1n) is 10.0. The van der Waals surface area contributed by atoms with Gasteiger partial charge in [-0.3, -0.25) is 4.79 Å². The third-order valence-electron chi connectivity index (χ3n) is 6.64. The van der Waals surface area contributed by atoms with Gasteiger partial charge in [0.1, 0.15) is 0 Å². The molecule has 3 aliphatic rings. The first-order valence-corrected chi connectivity index (χ1v) is 10.0. The van der Waals surface area contributed by atoms with Crippen LogP contribution in [0, 0.1) is 11.8 Å². The number of piperidine rings is 1. The number of carbonyl (C=O) groups is 1. The van der Waals surface area contributed by atoms with Crippen molar-refractivity contribution in [3.05, 3.63) is 29.3 Å². The number of nitrogens with one attached hydrogen (secondary N) is 1. The van der Waals surface area contributed by atoms with Crippen molar-refractivity contribution in [2.24, 2.45) is 11.8 Å². The van der Waals surface area contributed by atoms with Crippen LogP contribution in [-0.4, -0.2) is 54.4 Å². The second-order valence-electron chi connectivity index (χ2n) is 8.18. The number of benzene rings is 1. The normalized spacial score (nSPS) is 29.8. The molecule has 0 saturated carbocycles. The molecule has 0 radical (unpaired) electrons. The maximum Gasteiger partial charge on any atom is 0.253 e. The zero-order valence-electron chi connectivity index (χ0n) is 15.7. The second-order valence-corrected chi connectivity index (χ2v) is 8.18. The van der Waals surface area contributed by atoms with Crippen molar-refractivity contribution in [1.82, 2.24) is 4.90 Å². The van der Waals surface area contributed by atoms with Gasteiger partial charge in [-0.1, -0.05) is 6.92 Å². The van der Waals surface area contributed by atoms with E-state index >= 15 is 0 Å². The standard InChI is InChI=1S/C21H30N2O3/c1-15-14-23(10-8-21(15,25)18-6-11-26-12-7-18)20(24)17-4-5-19-16(13-17)3-2-9-22-19/h4-5,13,15,18,22,25H,2-3,6-12,14H2,1H3/t15-,21+/m1/s1. The molecule has 1 aromatic rings. The minimum Gasteiger partial charge on any atom is -0.389 e. The SMILES string of the molecule is C[C@@H]1CN(C(=O)c2ccc3c(c2)CCCN3)CC[C@@]1(O)C1CCOCC1. The van der Waals surface area contributed by atoms with E-state index in [9.17, 15) is 9.90 Å². The molecule has 5 nitrogen and oxygen atoms in total. The number of ether oxygens (including phenoxy) is 1. The summed E-state index contributed by atoms with van der Waals surface area (Å²) in [7, 11) is 0. The van der Waals surface area contributed by atoms with Crippen LogP contribution in [-0.2, 0) is 11.2 Å². The molecule has 3 heterocycles. The van der Waals surface area contributed by atoms with E-state index in [1.165, 1.54) is 5.56 Å². The van der Waals surface area contributed by atoms with Gasteiger partial charge in [0.15, 0.2) is 0 Å². The lowest BCUT2D eigenvalue weighted by Gasteiger charge is -2.48. The van der Waals surface area contributed by atoms with Crippen LogP contribution in [0.5, 0.6) is 0 Å². The molecule has 1 aromatic carbocycles. The number of anilines is 1. The Kier molecular flexibility index (Phi) is 4.93. The van der Waals surface area contributed by atoms with Crippen molar-refractivity contribution in [3.63, 3.8) is 0 Å². The van der Waals surface area contributed by atoms with E-state index in [-0.39, 0.29) is 11.8 Å². The van der Waals surface area contributed by atoms with Crippen LogP contribution in [0.15, 0.2) is 18.2 Å². The fraction of sp³-hybridized carbons (Fsp3) is 0.667. The summed E-state index contributed by atoms with van der Waals surface area (Å²) >= 11 is 0. The van der Waals surface area contributed by atoms with Crippen LogP contribution < -0.4 is 5.32 Å². The molecular formula is C21H30N2O3. The summed E-state index contributed by atoms with van der Waals surface area (Å²) in [6, 6.07) is 6.02. The molecule has 1 amide bonds. The Bertz CT molecular complexity index is 671. The van der Waals surface area contributed by atoms with Gasteiger partial charge in [-0.05, 0) is 61.8 Å². The average Bonchev–Trinajstić information content (AvgIpc) is 2.70. The first kappa shape index (κ1) is 17.8. The summed E-state index contributed by atoms with van der Waals surface area (Å²) in [6.45, 7) is 5.84. The fourth-order valence-electron chi connectivity index (χ4n) is 4.92. The zero-order chi connectivity index (χ0) is 18.1. The van der Waals surface area contributed by atoms with E-state index in [1.807, 2.05) is 23.1 Å². The van der Waals surface area contributed by atoms with Crippen LogP contribution in [0.25, 0.3) is 0 Å². The van der Waals surface area contributed by atoms with Gasteiger partial charge in [0.25, 0.3) is 5.91 Å². The lowest BCUT2D eigenvalue weighted by atomic mass is 9.70. The summed E-state index contributed by atoms with van der Waals surface area (Å²) in [6.07, 6.45) is 4.66. The van der Waals surface area contributed by atoms with Gasteiger partial charge in [-0.15, -0.1) is 0 Å². The third kappa shape index (κ3) is 3.23. The highest BCUT2D eigenvalue weighted by Crippen LogP contribution is 2.39. The Morgan fingerprint density at radius 3 is 2.92 bits per heavy atom. The number of nitrogens with zero attached hydrogens (tertiary/aromatic N) is 1. The topological polar surface area (TPSA) is 61.8 Å². The molecule has 2 N–H and O–H groups in total. The molecule has 2 fully saturated rings. The van der Waals surface area contributed by atoms with Crippen LogP contribution in [0.2, 0.25) is 0 Å². The predicted molar refractivity (Wildman–Crippen MR) is 101 cm³/mol. The van der Waals surface area contributed by atoms with Crippen molar-refractivity contribution >= 4 is 11.6 Å². The quantitative estimate of drug-likeness (QED) is 0.853. The van der Waals surface area contributed by atoms with Gasteiger partial charge in [0.2, 0.25) is 0 Å². The Morgan fingerprint density at radius 2 is 2.15 bits per heavy atom. The number of carbonyl (C=O) groups excluding carboxylic acids is 1. The molecule has 0 aromatic heterocycles. The number of rotatable bonds is 2. The molecule has 0 bridgehead atoms. The molecular weight excluding hydrogens is 328 g/mol. The molecule has 0 spiro atoms. The summed E-state index contributed by atoms with van der Waals surface area (Å²) in [4.78, 5) is 14.9. The molecule has 4 rings (SSSR count). The zero-order valence-corrected chi connectivity index (χ0v) is 15.7. The maximum atomic E-state index is 13.0. The van der Waals surface area contributed by atoms with Crippen molar-refractivity contribution < 1.29 is 14.6 Å². The smallest absolute Gasteiger partial charge is 0.253 e. The Balaban J connectivity index is 1.45. The fourth-order valence-corrected chi connectivity index (χ4v) is 4.92. The minimum absolute atomic E-state index is 0.0857. The van der Waals surface area contributed by atoms with Crippen LogP contribution in [0.3, 0.4) is 0 Å². The Hall–Kier alpha value is -1.59. The third-order valence-corrected chi connectivity index (χ3v) is 6.64. The first-order chi connectivity index (χ1) is 12.6. The lowest BCUT2D eigenvalue weighted by molar-refractivity contribution is -0.125. The summed E-state index contributed by atoms with van der Waals surface area (Å²) in [5, 5.41) is 14.7. The average molecular weight is 358 g/mol. The second kappa shape index (κ2) is 7.20. The van der Waals surface area contributed by atoms with Gasteiger partial charge in [0, 0.05) is 50.0 Å². The Labute approximate surface area is 155 Å². The van der Waals surface area contributed by atoms with E-state index in [0.717, 1.165) is 56.7 Å². The molecule has 3 aliphatic heterocycles. The van der Waals surface area contributed by atoms with Crippen LogP contribution in [0.1, 0.15) is 48.5 Å². The number of hydrogen-bond acceptors (Lipinski definition) is 4. The van der Waals surface area contributed by atoms with Gasteiger partial charge in [0.05, 0.1) is 5.60 Å². The van der Waals surface area contributed by atoms with Crippen LogP contribution >= 0.6 is 0 Å². The van der Waals surface area contributed by atoms with E-state index in [1.54, 1.807) is 0 Å². The highest BCUT2D eigenvalue weighted by Gasteiger charge is 2.46. The van der Waals surface area contributed by atoms with Gasteiger partial charge < -0.3 is 20.1 Å². The van der Waals surface area contributed by atoms with Crippen molar-refractivity contribution in [2.45, 2.75) is 44.6 Å². The number of fused-ring (bicyclic) bond motifs is 1. The molecule has 0 aliphatic carbocycles. The number of amides is 1. The predicted octanol–water partition coefficient (Wildman–Crippen LogP) is 2.68. The molecule has 0 unspecified atom stereocenters. The van der Waals surface area contributed by atoms with Crippen molar-refractivity contribution in [1.29, 1.82) is 0 Å². The summed E-state index contributed by atoms with van der Waals surface area (Å²) in [5.41, 5.74) is 2.51. The molecule has 26 heavy (non-hydrogen) atoms. The molecule has 142 valence electrons. The maximum absolute atomic E-state index is 13.0. The van der Waals surface area contributed by atoms with E-state index in [2.05, 4.69) is 12.2 Å². The van der Waals surface area contributed by atoms with Gasteiger partial charge in [-0.2, -0.15) is 0 Å². The number of hydrogen-bond donors (Lipinski definition) is 2. The molecule has 2 saturated heterocycles. The van der Waals surface area contributed by atoms with Gasteiger partial charge in [-0.25, -0.2) is 0 Å². The number of likely N-dealkylation sites (tertiary alicyclic amines) is 1. The van der Waals surface area contributed by atoms with E-state index in [0.29, 0.717) is 25.4 Å². The van der Waals surface area contributed by atoms with E-state index in [4.69, 9.17) is 4.74 Å². The number of aliphatic hydroxyl groups is 1. The van der Waals surface area contributed by atoms with E-state index < -0.39 is 5.60 Å². The van der Waals surface area contributed by atoms with Crippen LogP contribution in [0.4, 0.5) is 5.69 Å². The highest BCUT2D eigenvalue weighted by molar-refractivity contribution is 5.95. The largest absolute Gasteiger partial charge is 0.389 e. The lowest BCUT2D eigenvalue weighted by Crippen LogP contribution is -2.56. The summed E-state index contributed by atoms with van der Waals surface area (Å²) in [5.74, 6) is 0.472. The Morgan fingerprint density at radius 1 is 1.35 bits per heavy atom.